The van der Waals surface area contributed by atoms with Crippen molar-refractivity contribution in [2.24, 2.45) is 23.5 Å². The number of rotatable bonds is 3. The number of anilines is 1. The van der Waals surface area contributed by atoms with E-state index in [1.807, 2.05) is 12.1 Å². The van der Waals surface area contributed by atoms with Crippen LogP contribution < -0.4 is 10.6 Å². The molecule has 4 rings (SSSR count). The lowest BCUT2D eigenvalue weighted by Gasteiger charge is -2.47. The highest BCUT2D eigenvalue weighted by atomic mass is 16.5. The van der Waals surface area contributed by atoms with Gasteiger partial charge in [0.2, 0.25) is 5.91 Å². The van der Waals surface area contributed by atoms with Crippen molar-refractivity contribution in [2.45, 2.75) is 51.1 Å². The molecule has 1 aromatic rings. The number of carbonyl (C=O) groups excluding carboxylic acids is 2. The van der Waals surface area contributed by atoms with Gasteiger partial charge in [0.1, 0.15) is 0 Å². The molecule has 1 saturated heterocycles. The van der Waals surface area contributed by atoms with Crippen LogP contribution in [-0.4, -0.2) is 55.6 Å². The van der Waals surface area contributed by atoms with Gasteiger partial charge < -0.3 is 20.3 Å². The van der Waals surface area contributed by atoms with Crippen LogP contribution in [0, 0.1) is 17.8 Å². The highest BCUT2D eigenvalue weighted by Crippen LogP contribution is 2.42. The number of benzene rings is 1. The lowest BCUT2D eigenvalue weighted by Crippen LogP contribution is -2.57. The Morgan fingerprint density at radius 3 is 2.31 bits per heavy atom. The van der Waals surface area contributed by atoms with Gasteiger partial charge in [-0.2, -0.15) is 0 Å². The van der Waals surface area contributed by atoms with Crippen LogP contribution in [0.1, 0.15) is 49.4 Å². The zero-order chi connectivity index (χ0) is 20.5. The summed E-state index contributed by atoms with van der Waals surface area (Å²) in [5.41, 5.74) is 8.05. The molecule has 2 saturated carbocycles. The molecule has 6 nitrogen and oxygen atoms in total. The minimum atomic E-state index is -0.322. The van der Waals surface area contributed by atoms with E-state index in [0.29, 0.717) is 29.3 Å². The molecule has 3 atom stereocenters. The standard InChI is InChI=1S/C23H33N3O3/c1-15-14-25(20-8-6-16(7-9-20)23(28)29-2)10-11-26(15)22(27)19-12-17-4-3-5-18(13-19)21(17)24/h6-9,15,17-19,21H,3-5,10-14,24H2,1-2H3. The summed E-state index contributed by atoms with van der Waals surface area (Å²) in [4.78, 5) is 29.3. The average molecular weight is 400 g/mol. The molecule has 3 unspecified atom stereocenters. The second-order valence-corrected chi connectivity index (χ2v) is 9.06. The number of hydrogen-bond acceptors (Lipinski definition) is 5. The van der Waals surface area contributed by atoms with Gasteiger partial charge in [-0.05, 0) is 68.7 Å². The molecule has 3 fully saturated rings. The third-order valence-electron chi connectivity index (χ3n) is 7.33. The first-order valence-electron chi connectivity index (χ1n) is 11.0. The quantitative estimate of drug-likeness (QED) is 0.791. The monoisotopic (exact) mass is 399 g/mol. The van der Waals surface area contributed by atoms with Crippen molar-refractivity contribution in [3.05, 3.63) is 29.8 Å². The van der Waals surface area contributed by atoms with Crippen LogP contribution in [0.5, 0.6) is 0 Å². The summed E-state index contributed by atoms with van der Waals surface area (Å²) in [5.74, 6) is 1.22. The SMILES string of the molecule is COC(=O)c1ccc(N2CCN(C(=O)C3CC4CCCC(C3)C4N)C(C)C2)cc1. The van der Waals surface area contributed by atoms with E-state index >= 15 is 0 Å². The normalized spacial score (nSPS) is 32.0. The van der Waals surface area contributed by atoms with Crippen molar-refractivity contribution in [1.29, 1.82) is 0 Å². The van der Waals surface area contributed by atoms with E-state index in [1.165, 1.54) is 26.4 Å². The van der Waals surface area contributed by atoms with Crippen molar-refractivity contribution in [3.63, 3.8) is 0 Å². The maximum Gasteiger partial charge on any atom is 0.337 e. The summed E-state index contributed by atoms with van der Waals surface area (Å²) >= 11 is 0. The van der Waals surface area contributed by atoms with Crippen molar-refractivity contribution in [3.8, 4) is 0 Å². The largest absolute Gasteiger partial charge is 0.465 e. The van der Waals surface area contributed by atoms with E-state index in [0.717, 1.165) is 38.2 Å². The van der Waals surface area contributed by atoms with E-state index in [9.17, 15) is 9.59 Å². The number of ether oxygens (including phenoxy) is 1. The van der Waals surface area contributed by atoms with Gasteiger partial charge in [0.15, 0.2) is 0 Å². The first-order chi connectivity index (χ1) is 14.0. The Balaban J connectivity index is 1.37. The number of hydrogen-bond donors (Lipinski definition) is 1. The molecule has 158 valence electrons. The third kappa shape index (κ3) is 4.00. The summed E-state index contributed by atoms with van der Waals surface area (Å²) < 4.78 is 4.77. The smallest absolute Gasteiger partial charge is 0.337 e. The maximum atomic E-state index is 13.3. The number of fused-ring (bicyclic) bond motifs is 2. The molecule has 1 aliphatic heterocycles. The Bertz CT molecular complexity index is 736. The lowest BCUT2D eigenvalue weighted by atomic mass is 9.65. The summed E-state index contributed by atoms with van der Waals surface area (Å²) in [6.07, 6.45) is 5.59. The molecule has 2 aliphatic carbocycles. The second-order valence-electron chi connectivity index (χ2n) is 9.06. The topological polar surface area (TPSA) is 75.9 Å². The van der Waals surface area contributed by atoms with Crippen LogP contribution in [0.3, 0.4) is 0 Å². The summed E-state index contributed by atoms with van der Waals surface area (Å²) in [6.45, 7) is 4.51. The molecular formula is C23H33N3O3. The molecule has 0 radical (unpaired) electrons. The van der Waals surface area contributed by atoms with Gasteiger partial charge in [0.05, 0.1) is 12.7 Å². The van der Waals surface area contributed by atoms with Crippen molar-refractivity contribution in [2.75, 3.05) is 31.6 Å². The van der Waals surface area contributed by atoms with Crippen LogP contribution in [0.25, 0.3) is 0 Å². The predicted octanol–water partition coefficient (Wildman–Crippen LogP) is 2.66. The summed E-state index contributed by atoms with van der Waals surface area (Å²) in [7, 11) is 1.39. The molecule has 6 heteroatoms. The summed E-state index contributed by atoms with van der Waals surface area (Å²) in [5, 5.41) is 0. The second kappa shape index (κ2) is 8.34. The Labute approximate surface area is 173 Å². The molecule has 2 N–H and O–H groups in total. The van der Waals surface area contributed by atoms with E-state index in [1.54, 1.807) is 12.1 Å². The maximum absolute atomic E-state index is 13.3. The van der Waals surface area contributed by atoms with Crippen LogP contribution in [0.2, 0.25) is 0 Å². The number of esters is 1. The van der Waals surface area contributed by atoms with Crippen molar-refractivity contribution >= 4 is 17.6 Å². The number of nitrogens with zero attached hydrogens (tertiary/aromatic N) is 2. The minimum Gasteiger partial charge on any atom is -0.465 e. The van der Waals surface area contributed by atoms with E-state index < -0.39 is 0 Å². The van der Waals surface area contributed by atoms with E-state index in [2.05, 4.69) is 16.7 Å². The molecule has 1 heterocycles. The van der Waals surface area contributed by atoms with Crippen LogP contribution in [0.15, 0.2) is 24.3 Å². The molecule has 29 heavy (non-hydrogen) atoms. The highest BCUT2D eigenvalue weighted by molar-refractivity contribution is 5.89. The zero-order valence-electron chi connectivity index (χ0n) is 17.5. The Morgan fingerprint density at radius 1 is 1.07 bits per heavy atom. The van der Waals surface area contributed by atoms with Gasteiger partial charge in [0.25, 0.3) is 0 Å². The number of carbonyl (C=O) groups is 2. The molecule has 0 aromatic heterocycles. The summed E-state index contributed by atoms with van der Waals surface area (Å²) in [6, 6.07) is 7.99. The Morgan fingerprint density at radius 2 is 1.72 bits per heavy atom. The number of piperazine rings is 1. The minimum absolute atomic E-state index is 0.151. The first-order valence-corrected chi connectivity index (χ1v) is 11.0. The third-order valence-corrected chi connectivity index (χ3v) is 7.33. The molecule has 3 aliphatic rings. The van der Waals surface area contributed by atoms with Gasteiger partial charge in [0, 0.05) is 43.3 Å². The van der Waals surface area contributed by atoms with Crippen LogP contribution >= 0.6 is 0 Å². The number of methoxy groups -OCH3 is 1. The zero-order valence-corrected chi connectivity index (χ0v) is 17.5. The molecular weight excluding hydrogens is 366 g/mol. The Hall–Kier alpha value is -2.08. The van der Waals surface area contributed by atoms with E-state index in [4.69, 9.17) is 10.5 Å². The molecule has 1 amide bonds. The average Bonchev–Trinajstić information content (AvgIpc) is 2.72. The predicted molar refractivity (Wildman–Crippen MR) is 113 cm³/mol. The molecule has 0 spiro atoms. The van der Waals surface area contributed by atoms with Gasteiger partial charge in [-0.15, -0.1) is 0 Å². The Kier molecular flexibility index (Phi) is 5.81. The van der Waals surface area contributed by atoms with E-state index in [-0.39, 0.29) is 17.9 Å². The van der Waals surface area contributed by atoms with Gasteiger partial charge in [-0.25, -0.2) is 4.79 Å². The first kappa shape index (κ1) is 20.2. The van der Waals surface area contributed by atoms with Gasteiger partial charge in [-0.3, -0.25) is 4.79 Å². The molecule has 1 aromatic carbocycles. The van der Waals surface area contributed by atoms with Crippen LogP contribution in [0.4, 0.5) is 5.69 Å². The highest BCUT2D eigenvalue weighted by Gasteiger charge is 2.42. The fourth-order valence-corrected chi connectivity index (χ4v) is 5.67. The fourth-order valence-electron chi connectivity index (χ4n) is 5.67. The van der Waals surface area contributed by atoms with Crippen molar-refractivity contribution in [1.82, 2.24) is 4.90 Å². The van der Waals surface area contributed by atoms with Crippen LogP contribution in [-0.2, 0) is 9.53 Å². The van der Waals surface area contributed by atoms with Gasteiger partial charge in [-0.1, -0.05) is 6.42 Å². The van der Waals surface area contributed by atoms with Gasteiger partial charge >= 0.3 is 5.97 Å². The fraction of sp³-hybridized carbons (Fsp3) is 0.652. The number of amides is 1. The number of nitrogens with two attached hydrogens (primary N) is 1. The van der Waals surface area contributed by atoms with Crippen molar-refractivity contribution < 1.29 is 14.3 Å². The molecule has 2 bridgehead atoms. The lowest BCUT2D eigenvalue weighted by molar-refractivity contribution is -0.141.